The van der Waals surface area contributed by atoms with Gasteiger partial charge < -0.3 is 4.74 Å². The Balaban J connectivity index is 1.87. The number of hydrogen-bond acceptors (Lipinski definition) is 4. The van der Waals surface area contributed by atoms with Crippen molar-refractivity contribution >= 4 is 23.4 Å². The quantitative estimate of drug-likeness (QED) is 0.438. The smallest absolute Gasteiger partial charge is 0.339 e. The molecule has 0 amide bonds. The fourth-order valence-electron chi connectivity index (χ4n) is 2.84. The molecule has 0 aliphatic rings. The summed E-state index contributed by atoms with van der Waals surface area (Å²) in [5.74, 6) is -0.946. The van der Waals surface area contributed by atoms with Crippen LogP contribution in [0.25, 0.3) is 11.1 Å². The maximum Gasteiger partial charge on any atom is 0.339 e. The summed E-state index contributed by atoms with van der Waals surface area (Å²) in [5, 5.41) is 9.87. The first-order chi connectivity index (χ1) is 13.5. The summed E-state index contributed by atoms with van der Waals surface area (Å²) in [6.07, 6.45) is -0.965. The molecule has 1 atom stereocenters. The van der Waals surface area contributed by atoms with Crippen LogP contribution in [-0.4, -0.2) is 17.9 Å². The first kappa shape index (κ1) is 19.3. The molecule has 3 aromatic rings. The number of nitriles is 1. The lowest BCUT2D eigenvalue weighted by Crippen LogP contribution is -2.24. The van der Waals surface area contributed by atoms with Crippen molar-refractivity contribution in [3.8, 4) is 17.2 Å². The fraction of sp³-hybridized carbons (Fsp3) is 0.0870. The van der Waals surface area contributed by atoms with Gasteiger partial charge in [0.25, 0.3) is 0 Å². The SMILES string of the molecule is C[C@H](OC(=O)c1ccccc1-c1ccccc1C#N)C(=O)c1ccc(Cl)cc1. The topological polar surface area (TPSA) is 67.2 Å². The van der Waals surface area contributed by atoms with Gasteiger partial charge in [0, 0.05) is 16.1 Å². The summed E-state index contributed by atoms with van der Waals surface area (Å²) < 4.78 is 5.41. The number of nitrogens with zero attached hydrogens (tertiary/aromatic N) is 1. The summed E-state index contributed by atoms with van der Waals surface area (Å²) >= 11 is 5.84. The van der Waals surface area contributed by atoms with E-state index < -0.39 is 12.1 Å². The predicted molar refractivity (Wildman–Crippen MR) is 107 cm³/mol. The summed E-state index contributed by atoms with van der Waals surface area (Å²) in [6, 6.07) is 22.4. The van der Waals surface area contributed by atoms with Crippen LogP contribution in [0.4, 0.5) is 0 Å². The van der Waals surface area contributed by atoms with Crippen LogP contribution in [0.15, 0.2) is 72.8 Å². The Labute approximate surface area is 168 Å². The van der Waals surface area contributed by atoms with E-state index in [-0.39, 0.29) is 5.78 Å². The van der Waals surface area contributed by atoms with Crippen molar-refractivity contribution in [3.63, 3.8) is 0 Å². The molecule has 0 N–H and O–H groups in total. The van der Waals surface area contributed by atoms with E-state index in [0.29, 0.717) is 32.8 Å². The predicted octanol–water partition coefficient (Wildman–Crippen LogP) is 5.31. The van der Waals surface area contributed by atoms with Crippen LogP contribution in [0, 0.1) is 11.3 Å². The van der Waals surface area contributed by atoms with Crippen LogP contribution in [-0.2, 0) is 4.74 Å². The third-order valence-corrected chi connectivity index (χ3v) is 4.52. The van der Waals surface area contributed by atoms with Crippen molar-refractivity contribution in [2.45, 2.75) is 13.0 Å². The number of esters is 1. The van der Waals surface area contributed by atoms with E-state index >= 15 is 0 Å². The first-order valence-corrected chi connectivity index (χ1v) is 8.98. The maximum absolute atomic E-state index is 12.8. The van der Waals surface area contributed by atoms with Gasteiger partial charge in [0.05, 0.1) is 17.2 Å². The molecule has 0 aliphatic heterocycles. The monoisotopic (exact) mass is 389 g/mol. The van der Waals surface area contributed by atoms with Gasteiger partial charge in [0.1, 0.15) is 0 Å². The van der Waals surface area contributed by atoms with E-state index in [9.17, 15) is 14.9 Å². The van der Waals surface area contributed by atoms with Gasteiger partial charge in [-0.1, -0.05) is 48.0 Å². The van der Waals surface area contributed by atoms with Crippen LogP contribution < -0.4 is 0 Å². The Morgan fingerprint density at radius 1 is 0.929 bits per heavy atom. The second-order valence-corrected chi connectivity index (χ2v) is 6.56. The number of benzene rings is 3. The van der Waals surface area contributed by atoms with E-state index in [1.807, 2.05) is 0 Å². The lowest BCUT2D eigenvalue weighted by molar-refractivity contribution is 0.0319. The Kier molecular flexibility index (Phi) is 5.88. The fourth-order valence-corrected chi connectivity index (χ4v) is 2.96. The van der Waals surface area contributed by atoms with Gasteiger partial charge in [-0.2, -0.15) is 5.26 Å². The molecule has 0 heterocycles. The molecule has 0 radical (unpaired) electrons. The highest BCUT2D eigenvalue weighted by Gasteiger charge is 2.22. The molecule has 0 spiro atoms. The standard InChI is InChI=1S/C23H16ClNO3/c1-15(22(26)16-10-12-18(24)13-11-16)28-23(27)21-9-5-4-8-20(21)19-7-3-2-6-17(19)14-25/h2-13,15H,1H3/t15-/m0/s1. The molecule has 28 heavy (non-hydrogen) atoms. The van der Waals surface area contributed by atoms with Crippen molar-refractivity contribution in [2.75, 3.05) is 0 Å². The maximum atomic E-state index is 12.8. The molecular weight excluding hydrogens is 374 g/mol. The number of hydrogen-bond donors (Lipinski definition) is 0. The number of ether oxygens (including phenoxy) is 1. The Morgan fingerprint density at radius 2 is 1.54 bits per heavy atom. The molecule has 0 saturated heterocycles. The highest BCUT2D eigenvalue weighted by Crippen LogP contribution is 2.27. The highest BCUT2D eigenvalue weighted by molar-refractivity contribution is 6.30. The third kappa shape index (κ3) is 4.11. The van der Waals surface area contributed by atoms with E-state index in [2.05, 4.69) is 6.07 Å². The molecule has 0 bridgehead atoms. The first-order valence-electron chi connectivity index (χ1n) is 8.60. The van der Waals surface area contributed by atoms with Crippen LogP contribution >= 0.6 is 11.6 Å². The molecule has 0 fully saturated rings. The zero-order valence-electron chi connectivity index (χ0n) is 15.1. The largest absolute Gasteiger partial charge is 0.451 e. The molecule has 3 rings (SSSR count). The van der Waals surface area contributed by atoms with E-state index in [1.165, 1.54) is 6.92 Å². The van der Waals surface area contributed by atoms with Gasteiger partial charge in [-0.15, -0.1) is 0 Å². The molecule has 3 aromatic carbocycles. The second kappa shape index (κ2) is 8.51. The van der Waals surface area contributed by atoms with Crippen LogP contribution in [0.5, 0.6) is 0 Å². The van der Waals surface area contributed by atoms with Gasteiger partial charge in [-0.3, -0.25) is 4.79 Å². The van der Waals surface area contributed by atoms with Gasteiger partial charge in [-0.25, -0.2) is 4.79 Å². The minimum Gasteiger partial charge on any atom is -0.451 e. The molecule has 0 saturated carbocycles. The normalized spacial score (nSPS) is 11.3. The zero-order chi connectivity index (χ0) is 20.1. The number of rotatable bonds is 5. The number of halogens is 1. The summed E-state index contributed by atoms with van der Waals surface area (Å²) in [6.45, 7) is 1.53. The molecule has 138 valence electrons. The Hall–Kier alpha value is -3.42. The second-order valence-electron chi connectivity index (χ2n) is 6.12. The summed E-state index contributed by atoms with van der Waals surface area (Å²) in [5.41, 5.74) is 2.37. The summed E-state index contributed by atoms with van der Waals surface area (Å²) in [4.78, 5) is 25.3. The lowest BCUT2D eigenvalue weighted by atomic mass is 9.96. The van der Waals surface area contributed by atoms with Crippen molar-refractivity contribution in [1.29, 1.82) is 5.26 Å². The molecule has 0 aliphatic carbocycles. The minimum atomic E-state index is -0.965. The molecule has 4 nitrogen and oxygen atoms in total. The van der Waals surface area contributed by atoms with E-state index in [4.69, 9.17) is 16.3 Å². The number of Topliss-reactive ketones (excluding diaryl/α,β-unsaturated/α-hetero) is 1. The number of carbonyl (C=O) groups excluding carboxylic acids is 2. The van der Waals surface area contributed by atoms with Crippen LogP contribution in [0.3, 0.4) is 0 Å². The van der Waals surface area contributed by atoms with E-state index in [0.717, 1.165) is 0 Å². The minimum absolute atomic E-state index is 0.293. The number of carbonyl (C=O) groups is 2. The number of ketones is 1. The van der Waals surface area contributed by atoms with Crippen LogP contribution in [0.2, 0.25) is 5.02 Å². The molecule has 0 unspecified atom stereocenters. The Bertz CT molecular complexity index is 1070. The Morgan fingerprint density at radius 3 is 2.21 bits per heavy atom. The zero-order valence-corrected chi connectivity index (χ0v) is 15.8. The third-order valence-electron chi connectivity index (χ3n) is 4.27. The molecular formula is C23H16ClNO3. The van der Waals surface area contributed by atoms with Crippen molar-refractivity contribution < 1.29 is 14.3 Å². The van der Waals surface area contributed by atoms with Crippen LogP contribution in [0.1, 0.15) is 33.2 Å². The highest BCUT2D eigenvalue weighted by atomic mass is 35.5. The van der Waals surface area contributed by atoms with Gasteiger partial charge in [0.2, 0.25) is 5.78 Å². The van der Waals surface area contributed by atoms with Gasteiger partial charge in [0.15, 0.2) is 6.10 Å². The lowest BCUT2D eigenvalue weighted by Gasteiger charge is -2.15. The molecule has 5 heteroatoms. The van der Waals surface area contributed by atoms with Crippen molar-refractivity contribution in [1.82, 2.24) is 0 Å². The van der Waals surface area contributed by atoms with E-state index in [1.54, 1.807) is 72.8 Å². The van der Waals surface area contributed by atoms with Crippen molar-refractivity contribution in [3.05, 3.63) is 94.5 Å². The van der Waals surface area contributed by atoms with Crippen molar-refractivity contribution in [2.24, 2.45) is 0 Å². The average molecular weight is 390 g/mol. The van der Waals surface area contributed by atoms with Gasteiger partial charge in [-0.05, 0) is 48.9 Å². The average Bonchev–Trinajstić information content (AvgIpc) is 2.73. The van der Waals surface area contributed by atoms with Gasteiger partial charge >= 0.3 is 5.97 Å². The summed E-state index contributed by atoms with van der Waals surface area (Å²) in [7, 11) is 0. The molecule has 0 aromatic heterocycles.